The predicted molar refractivity (Wildman–Crippen MR) is 143 cm³/mol. The number of halogens is 1. The van der Waals surface area contributed by atoms with Gasteiger partial charge < -0.3 is 18.9 Å². The van der Waals surface area contributed by atoms with Gasteiger partial charge in [-0.25, -0.2) is 5.43 Å². The summed E-state index contributed by atoms with van der Waals surface area (Å²) in [5.74, 6) is 2.17. The van der Waals surface area contributed by atoms with Crippen molar-refractivity contribution >= 4 is 38.8 Å². The topological polar surface area (TPSA) is 78.4 Å². The number of fused-ring (bicyclic) bond motifs is 1. The molecule has 0 aromatic heterocycles. The molecule has 184 valence electrons. The van der Waals surface area contributed by atoms with Crippen LogP contribution >= 0.6 is 15.9 Å². The van der Waals surface area contributed by atoms with Crippen LogP contribution in [0.2, 0.25) is 0 Å². The number of ether oxygens (including phenoxy) is 4. The Labute approximate surface area is 217 Å². The van der Waals surface area contributed by atoms with Crippen molar-refractivity contribution in [3.05, 3.63) is 94.5 Å². The van der Waals surface area contributed by atoms with Crippen LogP contribution in [0.5, 0.6) is 23.0 Å². The third-order valence-corrected chi connectivity index (χ3v) is 6.14. The summed E-state index contributed by atoms with van der Waals surface area (Å²) in [4.78, 5) is 12.3. The van der Waals surface area contributed by atoms with Crippen molar-refractivity contribution in [2.45, 2.75) is 6.61 Å². The van der Waals surface area contributed by atoms with Crippen LogP contribution in [0.1, 0.15) is 11.1 Å². The van der Waals surface area contributed by atoms with Crippen molar-refractivity contribution in [2.24, 2.45) is 5.10 Å². The maximum atomic E-state index is 12.3. The van der Waals surface area contributed by atoms with Crippen LogP contribution < -0.4 is 24.4 Å². The number of nitrogens with one attached hydrogen (secondary N) is 1. The molecule has 1 N–H and O–H groups in total. The Balaban J connectivity index is 1.38. The Bertz CT molecular complexity index is 1390. The summed E-state index contributed by atoms with van der Waals surface area (Å²) in [7, 11) is 3.20. The van der Waals surface area contributed by atoms with Gasteiger partial charge in [0.15, 0.2) is 6.61 Å². The molecule has 0 saturated carbocycles. The van der Waals surface area contributed by atoms with Crippen LogP contribution in [0, 0.1) is 0 Å². The molecule has 4 aromatic rings. The van der Waals surface area contributed by atoms with Crippen LogP contribution in [0.25, 0.3) is 10.8 Å². The summed E-state index contributed by atoms with van der Waals surface area (Å²) in [6, 6.07) is 24.7. The van der Waals surface area contributed by atoms with Crippen molar-refractivity contribution in [2.75, 3.05) is 20.8 Å². The minimum Gasteiger partial charge on any atom is -0.497 e. The minimum absolute atomic E-state index is 0.189. The van der Waals surface area contributed by atoms with Crippen molar-refractivity contribution in [3.8, 4) is 23.0 Å². The Hall–Kier alpha value is -4.04. The van der Waals surface area contributed by atoms with Crippen LogP contribution in [-0.4, -0.2) is 32.9 Å². The maximum absolute atomic E-state index is 12.3. The number of carbonyl (C=O) groups is 1. The molecule has 0 radical (unpaired) electrons. The van der Waals surface area contributed by atoms with Crippen molar-refractivity contribution in [3.63, 3.8) is 0 Å². The first-order chi connectivity index (χ1) is 17.6. The van der Waals surface area contributed by atoms with Gasteiger partial charge in [0, 0.05) is 5.56 Å². The highest BCUT2D eigenvalue weighted by molar-refractivity contribution is 9.10. The summed E-state index contributed by atoms with van der Waals surface area (Å²) in [6.45, 7) is 0.150. The Morgan fingerprint density at radius 2 is 1.67 bits per heavy atom. The van der Waals surface area contributed by atoms with E-state index in [9.17, 15) is 4.79 Å². The van der Waals surface area contributed by atoms with Crippen molar-refractivity contribution < 1.29 is 23.7 Å². The molecule has 36 heavy (non-hydrogen) atoms. The monoisotopic (exact) mass is 548 g/mol. The fourth-order valence-corrected chi connectivity index (χ4v) is 4.09. The number of hydrogen-bond acceptors (Lipinski definition) is 6. The molecule has 0 saturated heterocycles. The van der Waals surface area contributed by atoms with Gasteiger partial charge in [-0.15, -0.1) is 0 Å². The quantitative estimate of drug-likeness (QED) is 0.202. The first-order valence-electron chi connectivity index (χ1n) is 11.1. The zero-order valence-electron chi connectivity index (χ0n) is 19.9. The first-order valence-corrected chi connectivity index (χ1v) is 11.9. The fraction of sp³-hybridized carbons (Fsp3) is 0.143. The maximum Gasteiger partial charge on any atom is 0.277 e. The number of hydrogen-bond donors (Lipinski definition) is 1. The summed E-state index contributed by atoms with van der Waals surface area (Å²) in [5.41, 5.74) is 4.09. The molecule has 8 heteroatoms. The van der Waals surface area contributed by atoms with E-state index in [1.54, 1.807) is 32.4 Å². The van der Waals surface area contributed by atoms with E-state index in [0.29, 0.717) is 29.4 Å². The van der Waals surface area contributed by atoms with Crippen LogP contribution in [-0.2, 0) is 11.4 Å². The lowest BCUT2D eigenvalue weighted by Crippen LogP contribution is -2.24. The second kappa shape index (κ2) is 12.1. The Kier molecular flexibility index (Phi) is 8.41. The van der Waals surface area contributed by atoms with Gasteiger partial charge in [-0.05, 0) is 68.7 Å². The molecule has 0 aliphatic heterocycles. The highest BCUT2D eigenvalue weighted by atomic mass is 79.9. The summed E-state index contributed by atoms with van der Waals surface area (Å²) >= 11 is 3.56. The molecule has 0 aliphatic rings. The first kappa shape index (κ1) is 25.1. The molecule has 7 nitrogen and oxygen atoms in total. The molecule has 0 atom stereocenters. The average molecular weight is 549 g/mol. The van der Waals surface area contributed by atoms with E-state index < -0.39 is 5.91 Å². The van der Waals surface area contributed by atoms with Crippen molar-refractivity contribution in [1.82, 2.24) is 5.43 Å². The van der Waals surface area contributed by atoms with Gasteiger partial charge in [0.1, 0.15) is 29.6 Å². The van der Waals surface area contributed by atoms with E-state index >= 15 is 0 Å². The Morgan fingerprint density at radius 3 is 2.50 bits per heavy atom. The molecule has 4 rings (SSSR count). The van der Waals surface area contributed by atoms with Crippen LogP contribution in [0.4, 0.5) is 0 Å². The number of nitrogens with zero attached hydrogens (tertiary/aromatic N) is 1. The molecule has 0 aliphatic carbocycles. The molecule has 0 spiro atoms. The second-order valence-electron chi connectivity index (χ2n) is 7.72. The smallest absolute Gasteiger partial charge is 0.277 e. The number of hydrazone groups is 1. The zero-order valence-corrected chi connectivity index (χ0v) is 21.4. The second-order valence-corrected chi connectivity index (χ2v) is 8.52. The number of methoxy groups -OCH3 is 2. The van der Waals surface area contributed by atoms with Gasteiger partial charge in [0.2, 0.25) is 0 Å². The number of benzene rings is 4. The molecule has 4 aromatic carbocycles. The van der Waals surface area contributed by atoms with Gasteiger partial charge in [0.25, 0.3) is 5.91 Å². The van der Waals surface area contributed by atoms with Crippen LogP contribution in [0.3, 0.4) is 0 Å². The third kappa shape index (κ3) is 6.34. The summed E-state index contributed by atoms with van der Waals surface area (Å²) < 4.78 is 23.1. The zero-order chi connectivity index (χ0) is 25.3. The molecule has 0 heterocycles. The minimum atomic E-state index is -0.395. The summed E-state index contributed by atoms with van der Waals surface area (Å²) in [6.07, 6.45) is 1.51. The normalized spacial score (nSPS) is 10.9. The molecule has 0 unspecified atom stereocenters. The molecular weight excluding hydrogens is 524 g/mol. The molecule has 1 amide bonds. The third-order valence-electron chi connectivity index (χ3n) is 5.32. The highest BCUT2D eigenvalue weighted by Gasteiger charge is 2.09. The van der Waals surface area contributed by atoms with E-state index in [4.69, 9.17) is 18.9 Å². The van der Waals surface area contributed by atoms with Gasteiger partial charge in [-0.2, -0.15) is 5.10 Å². The lowest BCUT2D eigenvalue weighted by Gasteiger charge is -2.11. The van der Waals surface area contributed by atoms with Crippen LogP contribution in [0.15, 0.2) is 88.4 Å². The lowest BCUT2D eigenvalue weighted by atomic mass is 10.1. The fourth-order valence-electron chi connectivity index (χ4n) is 3.48. The van der Waals surface area contributed by atoms with Crippen molar-refractivity contribution in [1.29, 1.82) is 0 Å². The van der Waals surface area contributed by atoms with E-state index in [1.807, 2.05) is 60.7 Å². The average Bonchev–Trinajstić information content (AvgIpc) is 2.92. The van der Waals surface area contributed by atoms with E-state index in [-0.39, 0.29) is 6.61 Å². The standard InChI is InChI=1S/C28H25BrN2O5/c1-33-22-8-5-6-19(14-22)17-35-25-13-11-23(34-2)15-21(25)16-30-31-27(32)18-36-26-12-10-20-7-3-4-9-24(20)28(26)29/h3-16H,17-18H2,1-2H3,(H,31,32)/b30-16+. The summed E-state index contributed by atoms with van der Waals surface area (Å²) in [5, 5.41) is 6.16. The number of amides is 1. The Morgan fingerprint density at radius 1 is 0.889 bits per heavy atom. The number of rotatable bonds is 10. The molecule has 0 fully saturated rings. The highest BCUT2D eigenvalue weighted by Crippen LogP contribution is 2.33. The largest absolute Gasteiger partial charge is 0.497 e. The molecular formula is C28H25BrN2O5. The van der Waals surface area contributed by atoms with E-state index in [0.717, 1.165) is 26.6 Å². The van der Waals surface area contributed by atoms with E-state index in [2.05, 4.69) is 26.5 Å². The SMILES string of the molecule is COc1cccc(COc2ccc(OC)cc2/C=N/NC(=O)COc2ccc3ccccc3c2Br)c1. The predicted octanol–water partition coefficient (Wildman–Crippen LogP) is 5.73. The van der Waals surface area contributed by atoms with Gasteiger partial charge >= 0.3 is 0 Å². The lowest BCUT2D eigenvalue weighted by molar-refractivity contribution is -0.123. The molecule has 0 bridgehead atoms. The number of carbonyl (C=O) groups excluding carboxylic acids is 1. The van der Waals surface area contributed by atoms with E-state index in [1.165, 1.54) is 6.21 Å². The van der Waals surface area contributed by atoms with Gasteiger partial charge in [-0.1, -0.05) is 42.5 Å². The van der Waals surface area contributed by atoms with Gasteiger partial charge in [0.05, 0.1) is 24.9 Å². The van der Waals surface area contributed by atoms with Gasteiger partial charge in [-0.3, -0.25) is 4.79 Å².